The normalized spacial score (nSPS) is 45.7. The van der Waals surface area contributed by atoms with E-state index in [1.54, 1.807) is 11.8 Å². The topological polar surface area (TPSA) is 53.9 Å². The number of amidine groups is 1. The Balaban J connectivity index is 0.00000253. The van der Waals surface area contributed by atoms with Crippen molar-refractivity contribution < 1.29 is 9.53 Å². The molecule has 5 fully saturated rings. The fraction of sp³-hybridized carbons (Fsp3) is 0.929. The van der Waals surface area contributed by atoms with E-state index in [4.69, 9.17) is 4.74 Å². The van der Waals surface area contributed by atoms with Crippen LogP contribution in [0.1, 0.15) is 91.9 Å². The number of ether oxygens (including phenoxy) is 1. The Bertz CT molecular complexity index is 882. The van der Waals surface area contributed by atoms with E-state index in [-0.39, 0.29) is 29.3 Å². The van der Waals surface area contributed by atoms with Crippen molar-refractivity contribution in [3.05, 3.63) is 0 Å². The van der Waals surface area contributed by atoms with Gasteiger partial charge in [0.05, 0.1) is 24.4 Å². The van der Waals surface area contributed by atoms with Crippen LogP contribution in [0.4, 0.5) is 0 Å². The van der Waals surface area contributed by atoms with Gasteiger partial charge in [0.15, 0.2) is 5.17 Å². The van der Waals surface area contributed by atoms with E-state index in [9.17, 15) is 4.79 Å². The highest BCUT2D eigenvalue weighted by Crippen LogP contribution is 2.70. The number of amides is 1. The minimum absolute atomic E-state index is 0. The molecule has 3 unspecified atom stereocenters. The van der Waals surface area contributed by atoms with Crippen molar-refractivity contribution in [2.45, 2.75) is 103 Å². The molecule has 5 nitrogen and oxygen atoms in total. The third-order valence-electron chi connectivity index (χ3n) is 11.7. The number of thioether (sulfide) groups is 1. The summed E-state index contributed by atoms with van der Waals surface area (Å²) in [5, 5.41) is 4.19. The van der Waals surface area contributed by atoms with Gasteiger partial charge in [-0.2, -0.15) is 0 Å². The van der Waals surface area contributed by atoms with Gasteiger partial charge in [-0.15, -0.1) is 12.4 Å². The van der Waals surface area contributed by atoms with Crippen molar-refractivity contribution in [2.75, 3.05) is 25.4 Å². The Morgan fingerprint density at radius 3 is 2.63 bits per heavy atom. The number of nitrogens with zero attached hydrogens (tertiary/aromatic N) is 2. The first-order valence-electron chi connectivity index (χ1n) is 14.1. The summed E-state index contributed by atoms with van der Waals surface area (Å²) >= 11 is 1.55. The van der Waals surface area contributed by atoms with Crippen molar-refractivity contribution in [1.82, 2.24) is 10.2 Å². The zero-order valence-corrected chi connectivity index (χ0v) is 23.9. The molecule has 1 N–H and O–H groups in total. The van der Waals surface area contributed by atoms with Crippen molar-refractivity contribution in [1.29, 1.82) is 0 Å². The first-order chi connectivity index (χ1) is 16.2. The molecule has 4 aliphatic carbocycles. The molecule has 2 aliphatic heterocycles. The summed E-state index contributed by atoms with van der Waals surface area (Å²) in [5.41, 5.74) is 0.0388. The first-order valence-corrected chi connectivity index (χ1v) is 15.1. The van der Waals surface area contributed by atoms with Crippen molar-refractivity contribution in [3.63, 3.8) is 0 Å². The van der Waals surface area contributed by atoms with Crippen molar-refractivity contribution >= 4 is 35.2 Å². The predicted octanol–water partition coefficient (Wildman–Crippen LogP) is 5.87. The molecule has 7 heteroatoms. The van der Waals surface area contributed by atoms with E-state index in [1.807, 2.05) is 0 Å². The minimum Gasteiger partial charge on any atom is -0.363 e. The fourth-order valence-corrected chi connectivity index (χ4v) is 10.7. The van der Waals surface area contributed by atoms with E-state index < -0.39 is 5.72 Å². The number of aliphatic imine (C=N–C) groups is 1. The molecule has 6 rings (SSSR count). The van der Waals surface area contributed by atoms with Gasteiger partial charge in [-0.25, -0.2) is 0 Å². The Morgan fingerprint density at radius 2 is 1.86 bits per heavy atom. The Kier molecular flexibility index (Phi) is 6.79. The average molecular weight is 524 g/mol. The SMILES string of the molecule is CC1(C)O[C@]2(CCC3C4CC[C@H]5CCCC[C@]5(C)C4CC[C@@]32C)CN1C(=O)CSC1=NCCN1.Cl. The standard InChI is InChI=1S/C28H45N3O2S.ClH/c1-25(2)31(23(32)17-34-24-29-15-16-30-24)18-28(33-25)14-11-22-20-9-8-19-7-5-6-12-26(19,3)21(20)10-13-27(22,28)4;/h19-22H,5-18H2,1-4H3,(H,29,30);1H/t19-,20?,21?,22?,26+,27+,28-;/m1./s1. The molecule has 7 atom stereocenters. The third kappa shape index (κ3) is 3.90. The van der Waals surface area contributed by atoms with Gasteiger partial charge >= 0.3 is 0 Å². The maximum absolute atomic E-state index is 13.4. The summed E-state index contributed by atoms with van der Waals surface area (Å²) < 4.78 is 7.04. The Labute approximate surface area is 222 Å². The second kappa shape index (κ2) is 9.08. The van der Waals surface area contributed by atoms with Crippen LogP contribution in [-0.2, 0) is 9.53 Å². The Hall–Kier alpha value is -0.460. The van der Waals surface area contributed by atoms with Gasteiger partial charge in [0.1, 0.15) is 5.72 Å². The summed E-state index contributed by atoms with van der Waals surface area (Å²) in [6.07, 6.45) is 13.7. The maximum Gasteiger partial charge on any atom is 0.235 e. The predicted molar refractivity (Wildman–Crippen MR) is 146 cm³/mol. The summed E-state index contributed by atoms with van der Waals surface area (Å²) in [6, 6.07) is 0. The molecular formula is C28H46ClN3O2S. The van der Waals surface area contributed by atoms with Crippen LogP contribution in [0.25, 0.3) is 0 Å². The number of hydrogen-bond donors (Lipinski definition) is 1. The van der Waals surface area contributed by atoms with Crippen LogP contribution in [0.5, 0.6) is 0 Å². The lowest BCUT2D eigenvalue weighted by molar-refractivity contribution is -0.188. The van der Waals surface area contributed by atoms with E-state index in [0.29, 0.717) is 11.2 Å². The van der Waals surface area contributed by atoms with Crippen molar-refractivity contribution in [2.24, 2.45) is 39.5 Å². The molecule has 6 aliphatic rings. The van der Waals surface area contributed by atoms with Gasteiger partial charge in [-0.3, -0.25) is 9.79 Å². The smallest absolute Gasteiger partial charge is 0.235 e. The summed E-state index contributed by atoms with van der Waals surface area (Å²) in [7, 11) is 0. The van der Waals surface area contributed by atoms with Gasteiger partial charge < -0.3 is 15.0 Å². The molecule has 1 saturated heterocycles. The molecule has 4 saturated carbocycles. The second-order valence-corrected chi connectivity index (χ2v) is 14.3. The van der Waals surface area contributed by atoms with Crippen LogP contribution < -0.4 is 5.32 Å². The number of hydrogen-bond acceptors (Lipinski definition) is 5. The molecule has 0 aromatic rings. The molecule has 0 bridgehead atoms. The molecule has 1 spiro atoms. The number of rotatable bonds is 2. The zero-order valence-electron chi connectivity index (χ0n) is 22.2. The first kappa shape index (κ1) is 26.2. The lowest BCUT2D eigenvalue weighted by Crippen LogP contribution is -2.57. The highest BCUT2D eigenvalue weighted by atomic mass is 35.5. The number of carbonyl (C=O) groups excluding carboxylic acids is 1. The summed E-state index contributed by atoms with van der Waals surface area (Å²) in [6.45, 7) is 11.9. The lowest BCUT2D eigenvalue weighted by atomic mass is 9.44. The van der Waals surface area contributed by atoms with E-state index in [1.165, 1.54) is 57.8 Å². The third-order valence-corrected chi connectivity index (χ3v) is 12.6. The second-order valence-electron chi connectivity index (χ2n) is 13.3. The molecule has 0 aromatic carbocycles. The van der Waals surface area contributed by atoms with Crippen molar-refractivity contribution in [3.8, 4) is 0 Å². The fourth-order valence-electron chi connectivity index (χ4n) is 9.90. The van der Waals surface area contributed by atoms with Gasteiger partial charge in [-0.1, -0.05) is 38.5 Å². The van der Waals surface area contributed by atoms with Crippen LogP contribution in [0.3, 0.4) is 0 Å². The molecule has 0 radical (unpaired) electrons. The summed E-state index contributed by atoms with van der Waals surface area (Å²) in [5.74, 6) is 4.12. The highest BCUT2D eigenvalue weighted by Gasteiger charge is 2.69. The molecular weight excluding hydrogens is 478 g/mol. The van der Waals surface area contributed by atoms with E-state index in [2.05, 4.69) is 42.9 Å². The van der Waals surface area contributed by atoms with Crippen LogP contribution >= 0.6 is 24.2 Å². The number of carbonyl (C=O) groups is 1. The average Bonchev–Trinajstić information content (AvgIpc) is 3.49. The van der Waals surface area contributed by atoms with Gasteiger partial charge in [-0.05, 0) is 94.3 Å². The maximum atomic E-state index is 13.4. The number of halogens is 1. The zero-order chi connectivity index (χ0) is 23.8. The molecule has 35 heavy (non-hydrogen) atoms. The van der Waals surface area contributed by atoms with Crippen LogP contribution in [0, 0.1) is 34.5 Å². The highest BCUT2D eigenvalue weighted by molar-refractivity contribution is 8.14. The van der Waals surface area contributed by atoms with Gasteiger partial charge in [0, 0.05) is 12.0 Å². The monoisotopic (exact) mass is 523 g/mol. The molecule has 198 valence electrons. The minimum atomic E-state index is -0.537. The molecule has 0 aromatic heterocycles. The number of fused-ring (bicyclic) bond motifs is 6. The van der Waals surface area contributed by atoms with E-state index >= 15 is 0 Å². The van der Waals surface area contributed by atoms with Gasteiger partial charge in [0.2, 0.25) is 5.91 Å². The quantitative estimate of drug-likeness (QED) is 0.492. The van der Waals surface area contributed by atoms with Crippen LogP contribution in [-0.4, -0.2) is 52.7 Å². The summed E-state index contributed by atoms with van der Waals surface area (Å²) in [4.78, 5) is 19.9. The largest absolute Gasteiger partial charge is 0.363 e. The van der Waals surface area contributed by atoms with Crippen LogP contribution in [0.15, 0.2) is 4.99 Å². The van der Waals surface area contributed by atoms with E-state index in [0.717, 1.165) is 54.9 Å². The molecule has 2 heterocycles. The lowest BCUT2D eigenvalue weighted by Gasteiger charge is -2.61. The number of nitrogens with one attached hydrogen (secondary N) is 1. The Morgan fingerprint density at radius 1 is 1.06 bits per heavy atom. The van der Waals surface area contributed by atoms with Crippen LogP contribution in [0.2, 0.25) is 0 Å². The van der Waals surface area contributed by atoms with Gasteiger partial charge in [0.25, 0.3) is 0 Å². The molecule has 1 amide bonds.